The number of nitrogens with zero attached hydrogens (tertiary/aromatic N) is 1. The molecule has 3 amide bonds. The Morgan fingerprint density at radius 2 is 1.75 bits per heavy atom. The number of halogens is 1. The van der Waals surface area contributed by atoms with Gasteiger partial charge in [0.2, 0.25) is 11.8 Å². The lowest BCUT2D eigenvalue weighted by Crippen LogP contribution is -2.56. The minimum absolute atomic E-state index is 0.138. The van der Waals surface area contributed by atoms with E-state index < -0.39 is 18.1 Å². The van der Waals surface area contributed by atoms with Crippen molar-refractivity contribution >= 4 is 28.6 Å². The number of carbonyl (C=O) groups is 3. The van der Waals surface area contributed by atoms with Gasteiger partial charge in [-0.25, -0.2) is 4.39 Å². The van der Waals surface area contributed by atoms with Crippen molar-refractivity contribution in [2.75, 3.05) is 0 Å². The van der Waals surface area contributed by atoms with E-state index in [1.54, 1.807) is 23.1 Å². The monoisotopic (exact) mass is 538 g/mol. The van der Waals surface area contributed by atoms with Gasteiger partial charge in [-0.15, -0.1) is 0 Å². The smallest absolute Gasteiger partial charge is 0.255 e. The van der Waals surface area contributed by atoms with Crippen LogP contribution in [0.15, 0.2) is 72.8 Å². The van der Waals surface area contributed by atoms with Crippen molar-refractivity contribution in [3.63, 3.8) is 0 Å². The number of benzene rings is 3. The third-order valence-electron chi connectivity index (χ3n) is 7.87. The van der Waals surface area contributed by atoms with Gasteiger partial charge in [-0.05, 0) is 53.3 Å². The first-order valence-corrected chi connectivity index (χ1v) is 13.7. The number of fused-ring (bicyclic) bond motifs is 7. The molecule has 3 atom stereocenters. The van der Waals surface area contributed by atoms with Gasteiger partial charge < -0.3 is 20.5 Å². The summed E-state index contributed by atoms with van der Waals surface area (Å²) < 4.78 is 13.3. The quantitative estimate of drug-likeness (QED) is 0.320. The van der Waals surface area contributed by atoms with Crippen LogP contribution in [0.5, 0.6) is 0 Å². The minimum Gasteiger partial charge on any atom is -0.356 e. The van der Waals surface area contributed by atoms with Crippen LogP contribution < -0.4 is 10.6 Å². The molecule has 3 N–H and O–H groups in total. The lowest BCUT2D eigenvalue weighted by Gasteiger charge is -2.37. The van der Waals surface area contributed by atoms with Gasteiger partial charge in [-0.1, -0.05) is 62.4 Å². The Hall–Kier alpha value is -4.46. The second kappa shape index (κ2) is 10.3. The fourth-order valence-corrected chi connectivity index (χ4v) is 6.02. The van der Waals surface area contributed by atoms with Crippen LogP contribution in [0.1, 0.15) is 59.1 Å². The number of aromatic amines is 1. The van der Waals surface area contributed by atoms with Crippen molar-refractivity contribution in [2.24, 2.45) is 5.92 Å². The van der Waals surface area contributed by atoms with Crippen LogP contribution in [0.3, 0.4) is 0 Å². The molecule has 6 rings (SSSR count). The largest absolute Gasteiger partial charge is 0.356 e. The van der Waals surface area contributed by atoms with E-state index >= 15 is 0 Å². The van der Waals surface area contributed by atoms with Crippen molar-refractivity contribution in [3.05, 3.63) is 107 Å². The Morgan fingerprint density at radius 3 is 2.52 bits per heavy atom. The first-order valence-electron chi connectivity index (χ1n) is 13.7. The molecular formula is C32H31FN4O3. The summed E-state index contributed by atoms with van der Waals surface area (Å²) in [7, 11) is 0. The van der Waals surface area contributed by atoms with Gasteiger partial charge in [0.15, 0.2) is 0 Å². The van der Waals surface area contributed by atoms with E-state index in [1.165, 1.54) is 12.1 Å². The third-order valence-corrected chi connectivity index (χ3v) is 7.87. The average molecular weight is 539 g/mol. The van der Waals surface area contributed by atoms with E-state index in [9.17, 15) is 18.8 Å². The van der Waals surface area contributed by atoms with Gasteiger partial charge >= 0.3 is 0 Å². The number of hydrogen-bond acceptors (Lipinski definition) is 3. The highest BCUT2D eigenvalue weighted by atomic mass is 19.1. The van der Waals surface area contributed by atoms with Crippen LogP contribution in [0.25, 0.3) is 10.9 Å². The lowest BCUT2D eigenvalue weighted by molar-refractivity contribution is -0.132. The Morgan fingerprint density at radius 1 is 1.02 bits per heavy atom. The second-order valence-corrected chi connectivity index (χ2v) is 11.0. The van der Waals surface area contributed by atoms with E-state index in [0.717, 1.165) is 33.3 Å². The molecule has 40 heavy (non-hydrogen) atoms. The molecule has 8 heteroatoms. The summed E-state index contributed by atoms with van der Waals surface area (Å²) in [5.41, 5.74) is 5.12. The standard InChI is InChI=1S/C32H31FN4O3/c1-18(2)15-26(30(38)34-17-19-11-13-20(33)14-12-19)36-31(39)27-16-24-21-7-5-6-10-25(21)35-28(24)29-22-8-3-4-9-23(22)32(40)37(27)29/h3-14,18,26-27,29,35H,15-17H2,1-2H3,(H,34,38)(H,36,39)/t26-,27-,29-/m0/s1. The Kier molecular flexibility index (Phi) is 6.62. The molecule has 0 aliphatic carbocycles. The van der Waals surface area contributed by atoms with Crippen LogP contribution in [0.4, 0.5) is 4.39 Å². The van der Waals surface area contributed by atoms with Crippen molar-refractivity contribution < 1.29 is 18.8 Å². The molecule has 4 aromatic rings. The summed E-state index contributed by atoms with van der Waals surface area (Å²) in [6.07, 6.45) is 0.774. The SMILES string of the molecule is CC(C)C[C@H](NC(=O)[C@@H]1Cc2c([nH]c3ccccc23)[C@@H]2c3ccccc3C(=O)N21)C(=O)NCc1ccc(F)cc1. The number of para-hydroxylation sites is 1. The van der Waals surface area contributed by atoms with E-state index in [2.05, 4.69) is 15.6 Å². The zero-order valence-electron chi connectivity index (χ0n) is 22.4. The number of carbonyl (C=O) groups excluding carboxylic acids is 3. The molecule has 0 bridgehead atoms. The van der Waals surface area contributed by atoms with Gasteiger partial charge in [0.25, 0.3) is 5.91 Å². The predicted molar refractivity (Wildman–Crippen MR) is 150 cm³/mol. The van der Waals surface area contributed by atoms with Crippen molar-refractivity contribution in [1.29, 1.82) is 0 Å². The molecule has 3 aromatic carbocycles. The van der Waals surface area contributed by atoms with Gasteiger partial charge in [0, 0.05) is 35.1 Å². The highest BCUT2D eigenvalue weighted by Gasteiger charge is 2.49. The molecule has 2 aliphatic rings. The average Bonchev–Trinajstić information content (AvgIpc) is 3.47. The van der Waals surface area contributed by atoms with E-state index in [0.29, 0.717) is 18.4 Å². The fourth-order valence-electron chi connectivity index (χ4n) is 6.02. The summed E-state index contributed by atoms with van der Waals surface area (Å²) >= 11 is 0. The van der Waals surface area contributed by atoms with Gasteiger partial charge in [0.05, 0.1) is 6.04 Å². The highest BCUT2D eigenvalue weighted by Crippen LogP contribution is 2.46. The van der Waals surface area contributed by atoms with Gasteiger partial charge in [-0.2, -0.15) is 0 Å². The van der Waals surface area contributed by atoms with Gasteiger partial charge in [-0.3, -0.25) is 14.4 Å². The number of amides is 3. The molecule has 0 unspecified atom stereocenters. The summed E-state index contributed by atoms with van der Waals surface area (Å²) in [5.74, 6) is -1.07. The number of hydrogen-bond donors (Lipinski definition) is 3. The van der Waals surface area contributed by atoms with Crippen molar-refractivity contribution in [2.45, 2.75) is 51.4 Å². The second-order valence-electron chi connectivity index (χ2n) is 11.0. The molecule has 3 heterocycles. The topological polar surface area (TPSA) is 94.3 Å². The Balaban J connectivity index is 1.30. The molecule has 0 spiro atoms. The Bertz CT molecular complexity index is 1610. The molecule has 204 valence electrons. The van der Waals surface area contributed by atoms with Crippen LogP contribution in [0.2, 0.25) is 0 Å². The molecule has 2 aliphatic heterocycles. The number of aromatic nitrogens is 1. The summed E-state index contributed by atoms with van der Waals surface area (Å²) in [6, 6.07) is 19.4. The fraction of sp³-hybridized carbons (Fsp3) is 0.281. The predicted octanol–water partition coefficient (Wildman–Crippen LogP) is 4.62. The molecule has 1 aromatic heterocycles. The molecule has 0 radical (unpaired) electrons. The van der Waals surface area contributed by atoms with Crippen LogP contribution in [-0.4, -0.2) is 39.7 Å². The molecule has 7 nitrogen and oxygen atoms in total. The highest BCUT2D eigenvalue weighted by molar-refractivity contribution is 6.04. The minimum atomic E-state index is -0.782. The normalized spacial score (nSPS) is 18.3. The van der Waals surface area contributed by atoms with Crippen LogP contribution >= 0.6 is 0 Å². The maximum Gasteiger partial charge on any atom is 0.255 e. The summed E-state index contributed by atoms with van der Waals surface area (Å²) in [4.78, 5) is 46.1. The molecule has 0 fully saturated rings. The first kappa shape index (κ1) is 25.8. The number of rotatable bonds is 7. The zero-order chi connectivity index (χ0) is 28.0. The summed E-state index contributed by atoms with van der Waals surface area (Å²) in [6.45, 7) is 4.19. The van der Waals surface area contributed by atoms with Crippen LogP contribution in [-0.2, 0) is 22.6 Å². The number of nitrogens with one attached hydrogen (secondary N) is 3. The van der Waals surface area contributed by atoms with E-state index in [4.69, 9.17) is 0 Å². The van der Waals surface area contributed by atoms with Gasteiger partial charge in [0.1, 0.15) is 17.9 Å². The van der Waals surface area contributed by atoms with E-state index in [-0.39, 0.29) is 36.0 Å². The maximum absolute atomic E-state index is 14.0. The van der Waals surface area contributed by atoms with Crippen molar-refractivity contribution in [3.8, 4) is 0 Å². The van der Waals surface area contributed by atoms with Crippen LogP contribution in [0, 0.1) is 11.7 Å². The molecule has 0 saturated carbocycles. The maximum atomic E-state index is 14.0. The zero-order valence-corrected chi connectivity index (χ0v) is 22.4. The third kappa shape index (κ3) is 4.53. The Labute approximate surface area is 231 Å². The first-order chi connectivity index (χ1) is 19.3. The summed E-state index contributed by atoms with van der Waals surface area (Å²) in [5, 5.41) is 6.88. The van der Waals surface area contributed by atoms with E-state index in [1.807, 2.05) is 56.3 Å². The molecule has 0 saturated heterocycles. The number of H-pyrrole nitrogens is 1. The van der Waals surface area contributed by atoms with Crippen molar-refractivity contribution in [1.82, 2.24) is 20.5 Å². The lowest BCUT2D eigenvalue weighted by atomic mass is 9.89. The molecular weight excluding hydrogens is 507 g/mol.